The number of aryl methyl sites for hydroxylation is 1. The maximum atomic E-state index is 12.3. The van der Waals surface area contributed by atoms with Crippen LogP contribution in [0.15, 0.2) is 12.3 Å². The molecule has 2 rings (SSSR count). The van der Waals surface area contributed by atoms with Gasteiger partial charge in [0.2, 0.25) is 0 Å². The van der Waals surface area contributed by atoms with Crippen molar-refractivity contribution < 1.29 is 9.90 Å². The molecule has 130 valence electrons. The largest absolute Gasteiger partial charge is 0.394 e. The Labute approximate surface area is 138 Å². The Morgan fingerprint density at radius 1 is 1.39 bits per heavy atom. The highest BCUT2D eigenvalue weighted by Gasteiger charge is 2.39. The molecule has 1 aromatic heterocycles. The van der Waals surface area contributed by atoms with Gasteiger partial charge in [-0.15, -0.1) is 0 Å². The highest BCUT2D eigenvalue weighted by atomic mass is 16.3. The Kier molecular flexibility index (Phi) is 5.04. The van der Waals surface area contributed by atoms with Crippen molar-refractivity contribution in [2.75, 3.05) is 6.61 Å². The van der Waals surface area contributed by atoms with Gasteiger partial charge in [-0.05, 0) is 36.2 Å². The molecular weight excluding hydrogens is 292 g/mol. The maximum absolute atomic E-state index is 12.3. The Morgan fingerprint density at radius 3 is 2.48 bits per heavy atom. The molecule has 0 saturated heterocycles. The molecule has 1 heterocycles. The fraction of sp³-hybridized carbons (Fsp3) is 0.765. The molecule has 1 saturated carbocycles. The van der Waals surface area contributed by atoms with Gasteiger partial charge in [-0.25, -0.2) is 4.79 Å². The molecule has 1 fully saturated rings. The van der Waals surface area contributed by atoms with Gasteiger partial charge in [0.05, 0.1) is 18.3 Å². The van der Waals surface area contributed by atoms with E-state index < -0.39 is 6.04 Å². The number of nitrogens with zero attached hydrogens (tertiary/aromatic N) is 2. The highest BCUT2D eigenvalue weighted by molar-refractivity contribution is 5.74. The SMILES string of the molecule is Cn1nccc1C(CO)NC(=O)NC1CC(C)(C)CC(C)(C)C1. The van der Waals surface area contributed by atoms with Gasteiger partial charge in [-0.2, -0.15) is 5.10 Å². The third-order valence-electron chi connectivity index (χ3n) is 4.59. The molecule has 23 heavy (non-hydrogen) atoms. The minimum atomic E-state index is -0.452. The van der Waals surface area contributed by atoms with E-state index in [1.54, 1.807) is 24.0 Å². The lowest BCUT2D eigenvalue weighted by Gasteiger charge is -2.45. The molecule has 1 aromatic rings. The van der Waals surface area contributed by atoms with Crippen LogP contribution in [0.25, 0.3) is 0 Å². The van der Waals surface area contributed by atoms with Crippen molar-refractivity contribution in [3.05, 3.63) is 18.0 Å². The number of aliphatic hydroxyl groups excluding tert-OH is 1. The average molecular weight is 322 g/mol. The number of hydrogen-bond donors (Lipinski definition) is 3. The minimum absolute atomic E-state index is 0.152. The van der Waals surface area contributed by atoms with Gasteiger partial charge < -0.3 is 15.7 Å². The monoisotopic (exact) mass is 322 g/mol. The summed E-state index contributed by atoms with van der Waals surface area (Å²) in [5, 5.41) is 19.6. The van der Waals surface area contributed by atoms with E-state index in [0.717, 1.165) is 25.0 Å². The average Bonchev–Trinajstić information content (AvgIpc) is 2.78. The highest BCUT2D eigenvalue weighted by Crippen LogP contribution is 2.45. The summed E-state index contributed by atoms with van der Waals surface area (Å²) in [6, 6.07) is 1.27. The van der Waals surface area contributed by atoms with Crippen LogP contribution in [0.1, 0.15) is 58.7 Å². The fourth-order valence-corrected chi connectivity index (χ4v) is 4.27. The van der Waals surface area contributed by atoms with Crippen LogP contribution in [-0.2, 0) is 7.05 Å². The van der Waals surface area contributed by atoms with Crippen LogP contribution in [0.5, 0.6) is 0 Å². The molecule has 0 bridgehead atoms. The van der Waals surface area contributed by atoms with Crippen LogP contribution in [0.4, 0.5) is 4.79 Å². The van der Waals surface area contributed by atoms with E-state index in [1.165, 1.54) is 0 Å². The summed E-state index contributed by atoms with van der Waals surface area (Å²) < 4.78 is 1.66. The Morgan fingerprint density at radius 2 is 2.00 bits per heavy atom. The Balaban J connectivity index is 1.97. The number of rotatable bonds is 4. The predicted molar refractivity (Wildman–Crippen MR) is 89.9 cm³/mol. The number of hydrogen-bond acceptors (Lipinski definition) is 3. The summed E-state index contributed by atoms with van der Waals surface area (Å²) in [4.78, 5) is 12.3. The van der Waals surface area contributed by atoms with E-state index >= 15 is 0 Å². The molecule has 3 N–H and O–H groups in total. The molecule has 0 aromatic carbocycles. The second kappa shape index (κ2) is 6.51. The lowest BCUT2D eigenvalue weighted by atomic mass is 9.63. The summed E-state index contributed by atoms with van der Waals surface area (Å²) in [5.41, 5.74) is 1.22. The third-order valence-corrected chi connectivity index (χ3v) is 4.59. The maximum Gasteiger partial charge on any atom is 0.315 e. The number of aromatic nitrogens is 2. The standard InChI is InChI=1S/C17H30N4O2/c1-16(2)8-12(9-17(3,4)11-16)19-15(23)20-13(10-22)14-6-7-18-21(14)5/h6-7,12-13,22H,8-11H2,1-5H3,(H2,19,20,23). The zero-order valence-corrected chi connectivity index (χ0v) is 14.9. The zero-order chi connectivity index (χ0) is 17.3. The minimum Gasteiger partial charge on any atom is -0.394 e. The fourth-order valence-electron chi connectivity index (χ4n) is 4.27. The summed E-state index contributed by atoms with van der Waals surface area (Å²) in [6.07, 6.45) is 4.76. The number of nitrogens with one attached hydrogen (secondary N) is 2. The molecule has 6 heteroatoms. The van der Waals surface area contributed by atoms with Crippen molar-refractivity contribution in [3.8, 4) is 0 Å². The molecule has 6 nitrogen and oxygen atoms in total. The molecule has 1 atom stereocenters. The summed E-state index contributed by atoms with van der Waals surface area (Å²) in [6.45, 7) is 8.87. The predicted octanol–water partition coefficient (Wildman–Crippen LogP) is 2.36. The van der Waals surface area contributed by atoms with Crippen LogP contribution in [0, 0.1) is 10.8 Å². The van der Waals surface area contributed by atoms with Crippen LogP contribution < -0.4 is 10.6 Å². The van der Waals surface area contributed by atoms with Crippen molar-refractivity contribution in [2.45, 2.75) is 59.0 Å². The first-order valence-corrected chi connectivity index (χ1v) is 8.28. The molecule has 2 amide bonds. The molecule has 0 spiro atoms. The molecule has 0 radical (unpaired) electrons. The van der Waals surface area contributed by atoms with Gasteiger partial charge in [0.15, 0.2) is 0 Å². The lowest BCUT2D eigenvalue weighted by Crippen LogP contribution is -2.50. The normalized spacial score (nSPS) is 21.7. The van der Waals surface area contributed by atoms with Crippen molar-refractivity contribution >= 4 is 6.03 Å². The Hall–Kier alpha value is -1.56. The van der Waals surface area contributed by atoms with E-state index in [9.17, 15) is 9.90 Å². The third kappa shape index (κ3) is 4.70. The van der Waals surface area contributed by atoms with Gasteiger partial charge in [0.1, 0.15) is 0 Å². The van der Waals surface area contributed by atoms with Gasteiger partial charge in [-0.1, -0.05) is 27.7 Å². The molecule has 1 unspecified atom stereocenters. The first-order valence-electron chi connectivity index (χ1n) is 8.28. The quantitative estimate of drug-likeness (QED) is 0.796. The molecule has 0 aliphatic heterocycles. The second-order valence-electron chi connectivity index (χ2n) is 8.34. The van der Waals surface area contributed by atoms with Crippen molar-refractivity contribution in [1.82, 2.24) is 20.4 Å². The topological polar surface area (TPSA) is 79.2 Å². The molecule has 1 aliphatic rings. The number of aliphatic hydroxyl groups is 1. The molecule has 1 aliphatic carbocycles. The van der Waals surface area contributed by atoms with Crippen molar-refractivity contribution in [2.24, 2.45) is 17.9 Å². The first kappa shape index (κ1) is 17.8. The van der Waals surface area contributed by atoms with Crippen LogP contribution >= 0.6 is 0 Å². The van der Waals surface area contributed by atoms with Crippen LogP contribution in [0.3, 0.4) is 0 Å². The summed E-state index contributed by atoms with van der Waals surface area (Å²) >= 11 is 0. The summed E-state index contributed by atoms with van der Waals surface area (Å²) in [7, 11) is 1.80. The number of amides is 2. The van der Waals surface area contributed by atoms with E-state index in [-0.39, 0.29) is 29.5 Å². The Bertz CT molecular complexity index is 535. The van der Waals surface area contributed by atoms with Crippen molar-refractivity contribution in [3.63, 3.8) is 0 Å². The van der Waals surface area contributed by atoms with Crippen molar-refractivity contribution in [1.29, 1.82) is 0 Å². The number of carbonyl (C=O) groups excluding carboxylic acids is 1. The van der Waals surface area contributed by atoms with Gasteiger partial charge >= 0.3 is 6.03 Å². The summed E-state index contributed by atoms with van der Waals surface area (Å²) in [5.74, 6) is 0. The smallest absolute Gasteiger partial charge is 0.315 e. The number of urea groups is 1. The van der Waals surface area contributed by atoms with E-state index in [0.29, 0.717) is 0 Å². The first-order chi connectivity index (χ1) is 10.6. The van der Waals surface area contributed by atoms with Gasteiger partial charge in [-0.3, -0.25) is 4.68 Å². The van der Waals surface area contributed by atoms with E-state index in [2.05, 4.69) is 43.4 Å². The van der Waals surface area contributed by atoms with Gasteiger partial charge in [0.25, 0.3) is 0 Å². The van der Waals surface area contributed by atoms with E-state index in [4.69, 9.17) is 0 Å². The van der Waals surface area contributed by atoms with E-state index in [1.807, 2.05) is 0 Å². The number of carbonyl (C=O) groups is 1. The molecular formula is C17H30N4O2. The zero-order valence-electron chi connectivity index (χ0n) is 14.9. The second-order valence-corrected chi connectivity index (χ2v) is 8.34. The van der Waals surface area contributed by atoms with Crippen LogP contribution in [0.2, 0.25) is 0 Å². The van der Waals surface area contributed by atoms with Gasteiger partial charge in [0, 0.05) is 19.3 Å². The van der Waals surface area contributed by atoms with Crippen LogP contribution in [-0.4, -0.2) is 33.6 Å². The lowest BCUT2D eigenvalue weighted by molar-refractivity contribution is 0.0877.